The van der Waals surface area contributed by atoms with Gasteiger partial charge in [-0.1, -0.05) is 12.1 Å². The first-order chi connectivity index (χ1) is 15.1. The molecular weight excluding hydrogens is 394 g/mol. The fourth-order valence-corrected chi connectivity index (χ4v) is 5.42. The van der Waals surface area contributed by atoms with Crippen LogP contribution in [0.25, 0.3) is 0 Å². The Morgan fingerprint density at radius 3 is 2.48 bits per heavy atom. The summed E-state index contributed by atoms with van der Waals surface area (Å²) in [5, 5.41) is 5.80. The average molecular weight is 426 g/mol. The highest BCUT2D eigenvalue weighted by atomic mass is 16.2. The predicted molar refractivity (Wildman–Crippen MR) is 115 cm³/mol. The van der Waals surface area contributed by atoms with Gasteiger partial charge in [0.25, 0.3) is 5.91 Å². The van der Waals surface area contributed by atoms with Gasteiger partial charge in [-0.2, -0.15) is 0 Å². The molecule has 0 spiro atoms. The first kappa shape index (κ1) is 20.6. The molecule has 0 saturated carbocycles. The molecule has 4 aliphatic heterocycles. The van der Waals surface area contributed by atoms with E-state index in [0.29, 0.717) is 18.5 Å². The molecule has 0 aromatic heterocycles. The maximum Gasteiger partial charge on any atom is 0.255 e. The van der Waals surface area contributed by atoms with E-state index in [2.05, 4.69) is 26.5 Å². The molecule has 1 aromatic rings. The Kier molecular flexibility index (Phi) is 5.77. The number of rotatable bonds is 4. The van der Waals surface area contributed by atoms with Crippen LogP contribution < -0.4 is 10.6 Å². The maximum absolute atomic E-state index is 13.0. The monoisotopic (exact) mass is 425 g/mol. The number of piperazine rings is 1. The van der Waals surface area contributed by atoms with Crippen molar-refractivity contribution in [1.82, 2.24) is 25.3 Å². The summed E-state index contributed by atoms with van der Waals surface area (Å²) in [4.78, 5) is 43.4. The first-order valence-corrected chi connectivity index (χ1v) is 11.5. The summed E-state index contributed by atoms with van der Waals surface area (Å²) in [7, 11) is 0. The van der Waals surface area contributed by atoms with Gasteiger partial charge >= 0.3 is 0 Å². The molecule has 2 N–H and O–H groups in total. The van der Waals surface area contributed by atoms with E-state index in [1.165, 1.54) is 12.8 Å². The molecule has 8 nitrogen and oxygen atoms in total. The normalized spacial score (nSPS) is 26.3. The Balaban J connectivity index is 1.19. The van der Waals surface area contributed by atoms with Gasteiger partial charge in [0.15, 0.2) is 0 Å². The zero-order valence-electron chi connectivity index (χ0n) is 17.9. The molecule has 5 rings (SSSR count). The lowest BCUT2D eigenvalue weighted by Crippen LogP contribution is -2.52. The summed E-state index contributed by atoms with van der Waals surface area (Å²) in [5.74, 6) is -0.709. The van der Waals surface area contributed by atoms with Crippen LogP contribution in [-0.2, 0) is 22.7 Å². The number of nitrogens with zero attached hydrogens (tertiary/aromatic N) is 3. The SMILES string of the molecule is O=C1CCC(N2Cc3ccc(CN4CCN(C5CCNCC5)CC4)cc3C2=O)C(=O)N1. The Bertz CT molecular complexity index is 874. The van der Waals surface area contributed by atoms with Gasteiger partial charge in [-0.05, 0) is 49.5 Å². The summed E-state index contributed by atoms with van der Waals surface area (Å²) in [6, 6.07) is 6.31. The van der Waals surface area contributed by atoms with Crippen LogP contribution >= 0.6 is 0 Å². The smallest absolute Gasteiger partial charge is 0.255 e. The van der Waals surface area contributed by atoms with E-state index < -0.39 is 6.04 Å². The molecule has 4 heterocycles. The minimum atomic E-state index is -0.552. The summed E-state index contributed by atoms with van der Waals surface area (Å²) in [6.45, 7) is 7.87. The minimum absolute atomic E-state index is 0.0953. The summed E-state index contributed by atoms with van der Waals surface area (Å²) in [6.07, 6.45) is 3.18. The Labute approximate surface area is 182 Å². The van der Waals surface area contributed by atoms with E-state index in [4.69, 9.17) is 0 Å². The summed E-state index contributed by atoms with van der Waals surface area (Å²) >= 11 is 0. The molecule has 0 radical (unpaired) electrons. The zero-order chi connectivity index (χ0) is 21.4. The lowest BCUT2D eigenvalue weighted by atomic mass is 10.0. The van der Waals surface area contributed by atoms with Crippen LogP contribution in [0.15, 0.2) is 18.2 Å². The van der Waals surface area contributed by atoms with Gasteiger partial charge in [0, 0.05) is 57.3 Å². The second kappa shape index (κ2) is 8.68. The van der Waals surface area contributed by atoms with Gasteiger partial charge in [0.05, 0.1) is 0 Å². The number of hydrogen-bond acceptors (Lipinski definition) is 6. The summed E-state index contributed by atoms with van der Waals surface area (Å²) in [5.41, 5.74) is 2.82. The molecule has 3 saturated heterocycles. The van der Waals surface area contributed by atoms with Gasteiger partial charge in [-0.3, -0.25) is 29.5 Å². The van der Waals surface area contributed by atoms with Crippen LogP contribution in [0.3, 0.4) is 0 Å². The molecule has 4 aliphatic rings. The number of piperidine rings is 2. The van der Waals surface area contributed by atoms with Crippen LogP contribution in [0.5, 0.6) is 0 Å². The molecule has 3 fully saturated rings. The van der Waals surface area contributed by atoms with Crippen molar-refractivity contribution < 1.29 is 14.4 Å². The maximum atomic E-state index is 13.0. The van der Waals surface area contributed by atoms with Crippen molar-refractivity contribution in [2.45, 2.75) is 50.9 Å². The molecule has 1 unspecified atom stereocenters. The molecule has 166 valence electrons. The van der Waals surface area contributed by atoms with E-state index in [1.54, 1.807) is 4.90 Å². The van der Waals surface area contributed by atoms with Crippen LogP contribution in [-0.4, -0.2) is 83.8 Å². The molecule has 1 aromatic carbocycles. The molecular formula is C23H31N5O3. The van der Waals surface area contributed by atoms with E-state index in [1.807, 2.05) is 12.1 Å². The molecule has 1 atom stereocenters. The number of carbonyl (C=O) groups is 3. The number of benzene rings is 1. The van der Waals surface area contributed by atoms with Crippen molar-refractivity contribution in [3.63, 3.8) is 0 Å². The van der Waals surface area contributed by atoms with Crippen LogP contribution in [0.1, 0.15) is 47.2 Å². The Morgan fingerprint density at radius 2 is 1.74 bits per heavy atom. The average Bonchev–Trinajstić information content (AvgIpc) is 3.11. The van der Waals surface area contributed by atoms with Crippen LogP contribution in [0.4, 0.5) is 0 Å². The topological polar surface area (TPSA) is 85.0 Å². The Morgan fingerprint density at radius 1 is 0.968 bits per heavy atom. The Hall–Kier alpha value is -2.29. The van der Waals surface area contributed by atoms with Crippen molar-refractivity contribution >= 4 is 17.7 Å². The molecule has 0 aliphatic carbocycles. The van der Waals surface area contributed by atoms with Gasteiger partial charge in [-0.25, -0.2) is 0 Å². The van der Waals surface area contributed by atoms with Gasteiger partial charge in [-0.15, -0.1) is 0 Å². The van der Waals surface area contributed by atoms with Gasteiger partial charge < -0.3 is 10.2 Å². The molecule has 3 amide bonds. The molecule has 31 heavy (non-hydrogen) atoms. The second-order valence-corrected chi connectivity index (χ2v) is 9.18. The third-order valence-corrected chi connectivity index (χ3v) is 7.23. The number of nitrogens with one attached hydrogen (secondary N) is 2. The number of carbonyl (C=O) groups excluding carboxylic acids is 3. The fraction of sp³-hybridized carbons (Fsp3) is 0.609. The van der Waals surface area contributed by atoms with Crippen molar-refractivity contribution in [2.75, 3.05) is 39.3 Å². The number of imide groups is 1. The first-order valence-electron chi connectivity index (χ1n) is 11.5. The molecule has 8 heteroatoms. The molecule has 0 bridgehead atoms. The van der Waals surface area contributed by atoms with E-state index in [9.17, 15) is 14.4 Å². The lowest BCUT2D eigenvalue weighted by molar-refractivity contribution is -0.136. The fourth-order valence-electron chi connectivity index (χ4n) is 5.42. The highest BCUT2D eigenvalue weighted by Gasteiger charge is 2.39. The van der Waals surface area contributed by atoms with E-state index >= 15 is 0 Å². The van der Waals surface area contributed by atoms with Gasteiger partial charge in [0.2, 0.25) is 11.8 Å². The quantitative estimate of drug-likeness (QED) is 0.676. The van der Waals surface area contributed by atoms with Gasteiger partial charge in [0.1, 0.15) is 6.04 Å². The lowest BCUT2D eigenvalue weighted by Gasteiger charge is -2.41. The number of amides is 3. The standard InChI is InChI=1S/C23H31N5O3/c29-21-4-3-20(22(30)25-21)28-15-17-2-1-16(13-19(17)23(28)31)14-26-9-11-27(12-10-26)18-5-7-24-8-6-18/h1-2,13,18,20,24H,3-12,14-15H2,(H,25,29,30). The highest BCUT2D eigenvalue weighted by Crippen LogP contribution is 2.28. The van der Waals surface area contributed by atoms with Crippen molar-refractivity contribution in [2.24, 2.45) is 0 Å². The third kappa shape index (κ3) is 4.24. The zero-order valence-corrected chi connectivity index (χ0v) is 17.9. The number of hydrogen-bond donors (Lipinski definition) is 2. The highest BCUT2D eigenvalue weighted by molar-refractivity contribution is 6.05. The van der Waals surface area contributed by atoms with Crippen molar-refractivity contribution in [1.29, 1.82) is 0 Å². The summed E-state index contributed by atoms with van der Waals surface area (Å²) < 4.78 is 0. The predicted octanol–water partition coefficient (Wildman–Crippen LogP) is 0.317. The third-order valence-electron chi connectivity index (χ3n) is 7.23. The van der Waals surface area contributed by atoms with Crippen molar-refractivity contribution in [3.05, 3.63) is 34.9 Å². The van der Waals surface area contributed by atoms with E-state index in [-0.39, 0.29) is 24.1 Å². The number of fused-ring (bicyclic) bond motifs is 1. The van der Waals surface area contributed by atoms with E-state index in [0.717, 1.165) is 63.0 Å². The minimum Gasteiger partial charge on any atom is -0.322 e. The van der Waals surface area contributed by atoms with Crippen molar-refractivity contribution in [3.8, 4) is 0 Å². The largest absolute Gasteiger partial charge is 0.322 e. The van der Waals surface area contributed by atoms with Crippen LogP contribution in [0.2, 0.25) is 0 Å². The van der Waals surface area contributed by atoms with Crippen LogP contribution in [0, 0.1) is 0 Å². The second-order valence-electron chi connectivity index (χ2n) is 9.18.